The molecule has 2 N–H and O–H groups in total. The molecule has 1 saturated heterocycles. The van der Waals surface area contributed by atoms with Gasteiger partial charge in [0, 0.05) is 37.3 Å². The van der Waals surface area contributed by atoms with Crippen molar-refractivity contribution in [2.75, 3.05) is 26.7 Å². The first-order valence-electron chi connectivity index (χ1n) is 6.22. The molecule has 0 radical (unpaired) electrons. The average molecular weight is 237 g/mol. The van der Waals surface area contributed by atoms with Gasteiger partial charge >= 0.3 is 0 Å². The van der Waals surface area contributed by atoms with Crippen LogP contribution in [-0.4, -0.2) is 42.0 Å². The molecule has 0 saturated carbocycles. The molecule has 1 aromatic rings. The molecule has 0 amide bonds. The van der Waals surface area contributed by atoms with Gasteiger partial charge in [-0.25, -0.2) is 0 Å². The summed E-state index contributed by atoms with van der Waals surface area (Å²) in [5.74, 6) is 0.918. The SMILES string of the molecule is CN1CCN(Cc2ccoc2CN)CC1(C)C. The molecule has 2 heterocycles. The third kappa shape index (κ3) is 2.70. The molecule has 0 aromatic carbocycles. The van der Waals surface area contributed by atoms with E-state index in [0.717, 1.165) is 31.9 Å². The van der Waals surface area contributed by atoms with Gasteiger partial charge in [-0.15, -0.1) is 0 Å². The quantitative estimate of drug-likeness (QED) is 0.860. The number of likely N-dealkylation sites (N-methyl/N-ethyl adjacent to an activating group) is 1. The van der Waals surface area contributed by atoms with Crippen LogP contribution >= 0.6 is 0 Å². The summed E-state index contributed by atoms with van der Waals surface area (Å²) in [6.07, 6.45) is 1.73. The number of hydrogen-bond acceptors (Lipinski definition) is 4. The normalized spacial score (nSPS) is 21.9. The van der Waals surface area contributed by atoms with Crippen LogP contribution in [-0.2, 0) is 13.1 Å². The lowest BCUT2D eigenvalue weighted by molar-refractivity contribution is 0.0357. The molecule has 0 atom stereocenters. The first kappa shape index (κ1) is 12.6. The van der Waals surface area contributed by atoms with Crippen molar-refractivity contribution >= 4 is 0 Å². The number of piperazine rings is 1. The molecule has 0 unspecified atom stereocenters. The Kier molecular flexibility index (Phi) is 3.56. The first-order valence-corrected chi connectivity index (χ1v) is 6.22. The molecule has 1 aromatic heterocycles. The minimum atomic E-state index is 0.241. The predicted octanol–water partition coefficient (Wildman–Crippen LogP) is 1.26. The Labute approximate surface area is 103 Å². The highest BCUT2D eigenvalue weighted by Crippen LogP contribution is 2.21. The van der Waals surface area contributed by atoms with Crippen molar-refractivity contribution < 1.29 is 4.42 Å². The van der Waals surface area contributed by atoms with Crippen LogP contribution in [0.2, 0.25) is 0 Å². The van der Waals surface area contributed by atoms with Crippen molar-refractivity contribution in [1.82, 2.24) is 9.80 Å². The highest BCUT2D eigenvalue weighted by molar-refractivity contribution is 5.17. The van der Waals surface area contributed by atoms with E-state index in [1.807, 2.05) is 6.07 Å². The fraction of sp³-hybridized carbons (Fsp3) is 0.692. The second kappa shape index (κ2) is 4.80. The van der Waals surface area contributed by atoms with Crippen molar-refractivity contribution in [3.05, 3.63) is 23.7 Å². The van der Waals surface area contributed by atoms with Gasteiger partial charge in [0.2, 0.25) is 0 Å². The zero-order valence-corrected chi connectivity index (χ0v) is 11.1. The van der Waals surface area contributed by atoms with E-state index in [1.165, 1.54) is 5.56 Å². The summed E-state index contributed by atoms with van der Waals surface area (Å²) in [6.45, 7) is 9.31. The largest absolute Gasteiger partial charge is 0.468 e. The van der Waals surface area contributed by atoms with Crippen LogP contribution in [0.25, 0.3) is 0 Å². The molecule has 2 rings (SSSR count). The van der Waals surface area contributed by atoms with Gasteiger partial charge in [-0.1, -0.05) is 0 Å². The van der Waals surface area contributed by atoms with Gasteiger partial charge in [-0.3, -0.25) is 9.80 Å². The first-order chi connectivity index (χ1) is 8.03. The molecule has 4 nitrogen and oxygen atoms in total. The summed E-state index contributed by atoms with van der Waals surface area (Å²) in [5, 5.41) is 0. The number of nitrogens with two attached hydrogens (primary N) is 1. The van der Waals surface area contributed by atoms with Crippen LogP contribution in [0.5, 0.6) is 0 Å². The maximum atomic E-state index is 5.66. The van der Waals surface area contributed by atoms with Crippen LogP contribution < -0.4 is 5.73 Å². The Hall–Kier alpha value is -0.840. The molecule has 4 heteroatoms. The Morgan fingerprint density at radius 1 is 1.41 bits per heavy atom. The molecule has 0 spiro atoms. The summed E-state index contributed by atoms with van der Waals surface area (Å²) in [5.41, 5.74) is 7.13. The van der Waals surface area contributed by atoms with Crippen molar-refractivity contribution in [3.8, 4) is 0 Å². The van der Waals surface area contributed by atoms with Crippen molar-refractivity contribution in [1.29, 1.82) is 0 Å². The number of nitrogens with zero attached hydrogens (tertiary/aromatic N) is 2. The molecule has 0 aliphatic carbocycles. The Balaban J connectivity index is 2.01. The zero-order chi connectivity index (χ0) is 12.5. The molecule has 0 bridgehead atoms. The maximum absolute atomic E-state index is 5.66. The molecule has 1 aliphatic heterocycles. The summed E-state index contributed by atoms with van der Waals surface area (Å²) < 4.78 is 5.37. The maximum Gasteiger partial charge on any atom is 0.121 e. The van der Waals surface area contributed by atoms with Gasteiger partial charge in [0.15, 0.2) is 0 Å². The number of furan rings is 1. The zero-order valence-electron chi connectivity index (χ0n) is 11.1. The van der Waals surface area contributed by atoms with Crippen LogP contribution in [0.15, 0.2) is 16.7 Å². The van der Waals surface area contributed by atoms with E-state index < -0.39 is 0 Å². The highest BCUT2D eigenvalue weighted by atomic mass is 16.3. The van der Waals surface area contributed by atoms with E-state index in [1.54, 1.807) is 6.26 Å². The van der Waals surface area contributed by atoms with Crippen molar-refractivity contribution in [3.63, 3.8) is 0 Å². The third-order valence-electron chi connectivity index (χ3n) is 3.81. The summed E-state index contributed by atoms with van der Waals surface area (Å²) in [7, 11) is 2.19. The molecule has 1 aliphatic rings. The molecule has 17 heavy (non-hydrogen) atoms. The Morgan fingerprint density at radius 2 is 2.18 bits per heavy atom. The minimum absolute atomic E-state index is 0.241. The van der Waals surface area contributed by atoms with Gasteiger partial charge in [-0.05, 0) is 27.0 Å². The predicted molar refractivity (Wildman–Crippen MR) is 68.6 cm³/mol. The van der Waals surface area contributed by atoms with E-state index >= 15 is 0 Å². The molecule has 96 valence electrons. The Morgan fingerprint density at radius 3 is 2.82 bits per heavy atom. The van der Waals surface area contributed by atoms with E-state index in [9.17, 15) is 0 Å². The summed E-state index contributed by atoms with van der Waals surface area (Å²) >= 11 is 0. The molecular formula is C13H23N3O. The fourth-order valence-electron chi connectivity index (χ4n) is 2.40. The van der Waals surface area contributed by atoms with Gasteiger partial charge in [0.05, 0.1) is 12.8 Å². The number of rotatable bonds is 3. The second-order valence-electron chi connectivity index (χ2n) is 5.52. The summed E-state index contributed by atoms with van der Waals surface area (Å²) in [4.78, 5) is 4.90. The van der Waals surface area contributed by atoms with Crippen molar-refractivity contribution in [2.24, 2.45) is 5.73 Å². The highest BCUT2D eigenvalue weighted by Gasteiger charge is 2.31. The second-order valence-corrected chi connectivity index (χ2v) is 5.52. The Bertz CT molecular complexity index is 372. The third-order valence-corrected chi connectivity index (χ3v) is 3.81. The fourth-order valence-corrected chi connectivity index (χ4v) is 2.40. The van der Waals surface area contributed by atoms with E-state index in [-0.39, 0.29) is 5.54 Å². The lowest BCUT2D eigenvalue weighted by atomic mass is 9.99. The van der Waals surface area contributed by atoms with Gasteiger partial charge in [-0.2, -0.15) is 0 Å². The van der Waals surface area contributed by atoms with Crippen LogP contribution in [0.3, 0.4) is 0 Å². The van der Waals surface area contributed by atoms with Crippen molar-refractivity contribution in [2.45, 2.75) is 32.5 Å². The standard InChI is InChI=1S/C13H23N3O/c1-13(2)10-16(6-5-15(13)3)9-11-4-7-17-12(11)8-14/h4,7H,5-6,8-10,14H2,1-3H3. The van der Waals surface area contributed by atoms with Crippen LogP contribution in [0, 0.1) is 0 Å². The smallest absolute Gasteiger partial charge is 0.121 e. The lowest BCUT2D eigenvalue weighted by Gasteiger charge is -2.45. The van der Waals surface area contributed by atoms with E-state index in [2.05, 4.69) is 30.7 Å². The minimum Gasteiger partial charge on any atom is -0.468 e. The summed E-state index contributed by atoms with van der Waals surface area (Å²) in [6, 6.07) is 2.04. The molecular weight excluding hydrogens is 214 g/mol. The van der Waals surface area contributed by atoms with Gasteiger partial charge in [0.25, 0.3) is 0 Å². The van der Waals surface area contributed by atoms with E-state index in [0.29, 0.717) is 6.54 Å². The van der Waals surface area contributed by atoms with Crippen LogP contribution in [0.1, 0.15) is 25.2 Å². The molecule has 1 fully saturated rings. The monoisotopic (exact) mass is 237 g/mol. The number of hydrogen-bond donors (Lipinski definition) is 1. The average Bonchev–Trinajstić information content (AvgIpc) is 2.70. The van der Waals surface area contributed by atoms with E-state index in [4.69, 9.17) is 10.2 Å². The lowest BCUT2D eigenvalue weighted by Crippen LogP contribution is -2.57. The van der Waals surface area contributed by atoms with Gasteiger partial charge in [0.1, 0.15) is 5.76 Å². The van der Waals surface area contributed by atoms with Crippen LogP contribution in [0.4, 0.5) is 0 Å². The topological polar surface area (TPSA) is 45.6 Å². The van der Waals surface area contributed by atoms with Gasteiger partial charge < -0.3 is 10.2 Å².